The van der Waals surface area contributed by atoms with Crippen molar-refractivity contribution in [3.63, 3.8) is 0 Å². The molecular weight excluding hydrogens is 417 g/mol. The highest BCUT2D eigenvalue weighted by Gasteiger charge is 2.20. The maximum absolute atomic E-state index is 14.5. The third-order valence-corrected chi connectivity index (χ3v) is 6.69. The lowest BCUT2D eigenvalue weighted by Crippen LogP contribution is -2.18. The minimum Gasteiger partial charge on any atom is -0.493 e. The van der Waals surface area contributed by atoms with Gasteiger partial charge in [-0.05, 0) is 49.2 Å². The second-order valence-corrected chi connectivity index (χ2v) is 8.78. The Hall–Kier alpha value is -3.45. The molecule has 2 aliphatic heterocycles. The summed E-state index contributed by atoms with van der Waals surface area (Å²) >= 11 is 0. The van der Waals surface area contributed by atoms with Crippen LogP contribution in [0.2, 0.25) is 0 Å². The van der Waals surface area contributed by atoms with Crippen molar-refractivity contribution in [1.82, 2.24) is 19.3 Å². The van der Waals surface area contributed by atoms with E-state index in [1.807, 2.05) is 16.8 Å². The van der Waals surface area contributed by atoms with E-state index >= 15 is 0 Å². The first kappa shape index (κ1) is 20.2. The number of aromatic nitrogens is 3. The van der Waals surface area contributed by atoms with E-state index in [4.69, 9.17) is 4.74 Å². The van der Waals surface area contributed by atoms with Gasteiger partial charge in [0.15, 0.2) is 0 Å². The standard InChI is InChI=1S/C26H26FN5O/c27-23-7-8-25-20(9-12-33-25)22(23)14-30-26-29-13-21(24-15-28-17-32(24)26)19-5-3-18(4-6-19)16-31-10-1-2-11-31/h3-8,13,15,17H,1-2,9-12,14,16H2,(H,29,30). The van der Waals surface area contributed by atoms with Crippen LogP contribution in [0.5, 0.6) is 5.75 Å². The van der Waals surface area contributed by atoms with Gasteiger partial charge in [0.1, 0.15) is 17.9 Å². The summed E-state index contributed by atoms with van der Waals surface area (Å²) in [5.74, 6) is 1.18. The molecule has 4 heterocycles. The minimum absolute atomic E-state index is 0.223. The van der Waals surface area contributed by atoms with Crippen LogP contribution in [0.15, 0.2) is 55.1 Å². The second-order valence-electron chi connectivity index (χ2n) is 8.78. The van der Waals surface area contributed by atoms with Crippen LogP contribution in [-0.4, -0.2) is 39.0 Å². The van der Waals surface area contributed by atoms with Gasteiger partial charge in [-0.25, -0.2) is 14.4 Å². The molecule has 168 valence electrons. The fraction of sp³-hybridized carbons (Fsp3) is 0.308. The predicted molar refractivity (Wildman–Crippen MR) is 126 cm³/mol. The molecule has 4 aromatic rings. The van der Waals surface area contributed by atoms with E-state index in [0.29, 0.717) is 24.7 Å². The van der Waals surface area contributed by atoms with Gasteiger partial charge in [0.2, 0.25) is 5.95 Å². The van der Waals surface area contributed by atoms with Gasteiger partial charge >= 0.3 is 0 Å². The number of nitrogens with zero attached hydrogens (tertiary/aromatic N) is 4. The van der Waals surface area contributed by atoms with Crippen molar-refractivity contribution in [2.45, 2.75) is 32.4 Å². The highest BCUT2D eigenvalue weighted by atomic mass is 19.1. The second kappa shape index (κ2) is 8.48. The molecule has 0 unspecified atom stereocenters. The first-order valence-corrected chi connectivity index (χ1v) is 11.6. The molecule has 0 atom stereocenters. The van der Waals surface area contributed by atoms with Crippen molar-refractivity contribution >= 4 is 11.5 Å². The fourth-order valence-electron chi connectivity index (χ4n) is 4.93. The number of rotatable bonds is 6. The Labute approximate surface area is 192 Å². The number of likely N-dealkylation sites (tertiary alicyclic amines) is 1. The van der Waals surface area contributed by atoms with Crippen LogP contribution in [0.25, 0.3) is 16.6 Å². The van der Waals surface area contributed by atoms with Crippen LogP contribution in [0.1, 0.15) is 29.5 Å². The van der Waals surface area contributed by atoms with E-state index in [2.05, 4.69) is 44.5 Å². The van der Waals surface area contributed by atoms with Crippen LogP contribution in [0.4, 0.5) is 10.3 Å². The van der Waals surface area contributed by atoms with Crippen molar-refractivity contribution in [3.05, 3.63) is 77.6 Å². The number of hydrogen-bond acceptors (Lipinski definition) is 5. The summed E-state index contributed by atoms with van der Waals surface area (Å²) in [6.07, 6.45) is 8.78. The molecule has 0 saturated carbocycles. The van der Waals surface area contributed by atoms with Gasteiger partial charge in [-0.15, -0.1) is 0 Å². The summed E-state index contributed by atoms with van der Waals surface area (Å²) in [6.45, 7) is 4.33. The van der Waals surface area contributed by atoms with Crippen molar-refractivity contribution in [2.24, 2.45) is 0 Å². The van der Waals surface area contributed by atoms with Crippen LogP contribution in [0.3, 0.4) is 0 Å². The van der Waals surface area contributed by atoms with E-state index in [9.17, 15) is 4.39 Å². The Morgan fingerprint density at radius 3 is 2.73 bits per heavy atom. The summed E-state index contributed by atoms with van der Waals surface area (Å²) < 4.78 is 22.0. The number of fused-ring (bicyclic) bond motifs is 2. The van der Waals surface area contributed by atoms with Crippen molar-refractivity contribution in [2.75, 3.05) is 25.0 Å². The number of nitrogens with one attached hydrogen (secondary N) is 1. The normalized spacial score (nSPS) is 15.7. The number of halogens is 1. The number of benzene rings is 2. The molecule has 6 nitrogen and oxygen atoms in total. The quantitative estimate of drug-likeness (QED) is 0.469. The van der Waals surface area contributed by atoms with Crippen LogP contribution in [0, 0.1) is 5.82 Å². The van der Waals surface area contributed by atoms with Gasteiger partial charge in [0, 0.05) is 42.4 Å². The Morgan fingerprint density at radius 1 is 1.03 bits per heavy atom. The van der Waals surface area contributed by atoms with Gasteiger partial charge in [0.05, 0.1) is 18.3 Å². The summed E-state index contributed by atoms with van der Waals surface area (Å²) in [5.41, 5.74) is 5.99. The highest BCUT2D eigenvalue weighted by molar-refractivity contribution is 5.80. The zero-order valence-electron chi connectivity index (χ0n) is 18.4. The fourth-order valence-corrected chi connectivity index (χ4v) is 4.93. The van der Waals surface area contributed by atoms with Crippen molar-refractivity contribution in [1.29, 1.82) is 0 Å². The molecular formula is C26H26FN5O. The highest BCUT2D eigenvalue weighted by Crippen LogP contribution is 2.31. The van der Waals surface area contributed by atoms with Crippen LogP contribution < -0.4 is 10.1 Å². The van der Waals surface area contributed by atoms with E-state index in [1.165, 1.54) is 37.6 Å². The molecule has 1 fully saturated rings. The summed E-state index contributed by atoms with van der Waals surface area (Å²) in [6, 6.07) is 11.9. The molecule has 7 heteroatoms. The predicted octanol–water partition coefficient (Wildman–Crippen LogP) is 4.68. The molecule has 2 aromatic heterocycles. The van der Waals surface area contributed by atoms with E-state index in [-0.39, 0.29) is 5.82 Å². The van der Waals surface area contributed by atoms with Crippen LogP contribution in [-0.2, 0) is 19.5 Å². The lowest BCUT2D eigenvalue weighted by Gasteiger charge is -2.15. The van der Waals surface area contributed by atoms with Gasteiger partial charge in [-0.1, -0.05) is 24.3 Å². The maximum Gasteiger partial charge on any atom is 0.208 e. The topological polar surface area (TPSA) is 54.7 Å². The van der Waals surface area contributed by atoms with Gasteiger partial charge in [-0.3, -0.25) is 9.30 Å². The molecule has 33 heavy (non-hydrogen) atoms. The molecule has 1 saturated heterocycles. The molecule has 0 radical (unpaired) electrons. The average molecular weight is 444 g/mol. The SMILES string of the molecule is Fc1ccc2c(c1CNc1ncc(-c3ccc(CN4CCCC4)cc3)c3cncn13)CCO2. The molecule has 0 spiro atoms. The average Bonchev–Trinajstić information content (AvgIpc) is 3.61. The third-order valence-electron chi connectivity index (χ3n) is 6.69. The molecule has 0 amide bonds. The van der Waals surface area contributed by atoms with E-state index in [1.54, 1.807) is 12.4 Å². The number of imidazole rings is 1. The van der Waals surface area contributed by atoms with E-state index < -0.39 is 0 Å². The lowest BCUT2D eigenvalue weighted by molar-refractivity contribution is 0.331. The van der Waals surface area contributed by atoms with E-state index in [0.717, 1.165) is 40.9 Å². The third kappa shape index (κ3) is 3.82. The minimum atomic E-state index is -0.223. The Bertz CT molecular complexity index is 1290. The number of hydrogen-bond donors (Lipinski definition) is 1. The van der Waals surface area contributed by atoms with Crippen molar-refractivity contribution in [3.8, 4) is 16.9 Å². The first-order chi connectivity index (χ1) is 16.3. The lowest BCUT2D eigenvalue weighted by atomic mass is 10.0. The smallest absolute Gasteiger partial charge is 0.208 e. The maximum atomic E-state index is 14.5. The number of ether oxygens (including phenoxy) is 1. The Balaban J connectivity index is 1.24. The zero-order chi connectivity index (χ0) is 22.2. The Morgan fingerprint density at radius 2 is 1.88 bits per heavy atom. The van der Waals surface area contributed by atoms with Gasteiger partial charge in [-0.2, -0.15) is 0 Å². The summed E-state index contributed by atoms with van der Waals surface area (Å²) in [4.78, 5) is 11.5. The molecule has 2 aromatic carbocycles. The molecule has 0 aliphatic carbocycles. The summed E-state index contributed by atoms with van der Waals surface area (Å²) in [5, 5.41) is 3.30. The molecule has 2 aliphatic rings. The molecule has 6 rings (SSSR count). The number of anilines is 1. The molecule has 0 bridgehead atoms. The summed E-state index contributed by atoms with van der Waals surface area (Å²) in [7, 11) is 0. The largest absolute Gasteiger partial charge is 0.493 e. The Kier molecular flexibility index (Phi) is 5.19. The van der Waals surface area contributed by atoms with Gasteiger partial charge in [0.25, 0.3) is 0 Å². The molecule has 1 N–H and O–H groups in total. The van der Waals surface area contributed by atoms with Gasteiger partial charge < -0.3 is 10.1 Å². The van der Waals surface area contributed by atoms with Crippen molar-refractivity contribution < 1.29 is 9.13 Å². The zero-order valence-corrected chi connectivity index (χ0v) is 18.4. The monoisotopic (exact) mass is 443 g/mol. The van der Waals surface area contributed by atoms with Crippen LogP contribution >= 0.6 is 0 Å². The first-order valence-electron chi connectivity index (χ1n) is 11.6.